The second kappa shape index (κ2) is 5.09. The highest BCUT2D eigenvalue weighted by molar-refractivity contribution is 6.06. The zero-order chi connectivity index (χ0) is 12.3. The molecular formula is C11H18N2O3. The Morgan fingerprint density at radius 2 is 2.12 bits per heavy atom. The maximum Gasteiger partial charge on any atom is 0.240 e. The van der Waals surface area contributed by atoms with Gasteiger partial charge in [0, 0.05) is 12.3 Å². The zero-order valence-corrected chi connectivity index (χ0v) is 9.73. The number of likely N-dealkylation sites (tertiary alicyclic amines) is 1. The van der Waals surface area contributed by atoms with Gasteiger partial charge in [-0.15, -0.1) is 0 Å². The van der Waals surface area contributed by atoms with E-state index in [9.17, 15) is 14.4 Å². The third-order valence-corrected chi connectivity index (χ3v) is 2.94. The molecule has 0 saturated carbocycles. The molecule has 90 valence electrons. The van der Waals surface area contributed by atoms with Crippen molar-refractivity contribution in [3.05, 3.63) is 0 Å². The molecule has 3 amide bonds. The lowest BCUT2D eigenvalue weighted by Crippen LogP contribution is -2.47. The van der Waals surface area contributed by atoms with Gasteiger partial charge in [0.15, 0.2) is 0 Å². The number of hydrogen-bond acceptors (Lipinski definition) is 3. The molecule has 5 nitrogen and oxygen atoms in total. The molecule has 2 atom stereocenters. The Morgan fingerprint density at radius 1 is 1.50 bits per heavy atom. The van der Waals surface area contributed by atoms with Crippen molar-refractivity contribution in [1.82, 2.24) is 4.90 Å². The first-order chi connectivity index (χ1) is 7.52. The summed E-state index contributed by atoms with van der Waals surface area (Å²) in [5.74, 6) is -1.38. The lowest BCUT2D eigenvalue weighted by Gasteiger charge is -2.22. The molecule has 0 aromatic heterocycles. The minimum absolute atomic E-state index is 0.219. The average molecular weight is 226 g/mol. The molecule has 1 unspecified atom stereocenters. The van der Waals surface area contributed by atoms with Gasteiger partial charge < -0.3 is 5.73 Å². The van der Waals surface area contributed by atoms with E-state index in [0.29, 0.717) is 12.8 Å². The maximum absolute atomic E-state index is 11.9. The molecule has 1 aliphatic rings. The van der Waals surface area contributed by atoms with E-state index in [-0.39, 0.29) is 24.2 Å². The summed E-state index contributed by atoms with van der Waals surface area (Å²) in [6, 6.07) is -0.776. The van der Waals surface area contributed by atoms with E-state index in [2.05, 4.69) is 0 Å². The molecule has 0 radical (unpaired) electrons. The summed E-state index contributed by atoms with van der Waals surface area (Å²) < 4.78 is 0. The molecule has 1 aliphatic heterocycles. The summed E-state index contributed by atoms with van der Waals surface area (Å²) >= 11 is 0. The first kappa shape index (κ1) is 12.7. The summed E-state index contributed by atoms with van der Waals surface area (Å²) in [6.45, 7) is 3.70. The summed E-state index contributed by atoms with van der Waals surface area (Å²) in [5.41, 5.74) is 5.19. The van der Waals surface area contributed by atoms with Crippen molar-refractivity contribution in [2.75, 3.05) is 0 Å². The molecule has 1 heterocycles. The minimum atomic E-state index is -0.776. The van der Waals surface area contributed by atoms with Crippen LogP contribution in [0, 0.1) is 5.92 Å². The largest absolute Gasteiger partial charge is 0.368 e. The van der Waals surface area contributed by atoms with Crippen LogP contribution in [-0.2, 0) is 14.4 Å². The highest BCUT2D eigenvalue weighted by Gasteiger charge is 2.42. The standard InChI is InChI=1S/C11H18N2O3/c1-3-5-7-6-9(14)13(11(7)16)8(4-2)10(12)15/h7-8H,3-6H2,1-2H3,(H2,12,15)/t7?,8-/m0/s1. The van der Waals surface area contributed by atoms with Gasteiger partial charge in [0.1, 0.15) is 6.04 Å². The lowest BCUT2D eigenvalue weighted by atomic mass is 10.0. The van der Waals surface area contributed by atoms with Crippen LogP contribution >= 0.6 is 0 Å². The third kappa shape index (κ3) is 2.23. The molecule has 0 bridgehead atoms. The van der Waals surface area contributed by atoms with Crippen LogP contribution < -0.4 is 5.73 Å². The van der Waals surface area contributed by atoms with Crippen LogP contribution in [0.2, 0.25) is 0 Å². The lowest BCUT2D eigenvalue weighted by molar-refractivity contribution is -0.146. The number of amides is 3. The van der Waals surface area contributed by atoms with Crippen molar-refractivity contribution in [3.8, 4) is 0 Å². The molecule has 0 aliphatic carbocycles. The smallest absolute Gasteiger partial charge is 0.240 e. The maximum atomic E-state index is 11.9. The number of carbonyl (C=O) groups excluding carboxylic acids is 3. The fourth-order valence-electron chi connectivity index (χ4n) is 2.13. The Labute approximate surface area is 95.0 Å². The van der Waals surface area contributed by atoms with E-state index >= 15 is 0 Å². The van der Waals surface area contributed by atoms with Gasteiger partial charge in [-0.05, 0) is 12.8 Å². The molecule has 2 N–H and O–H groups in total. The van der Waals surface area contributed by atoms with Gasteiger partial charge in [-0.25, -0.2) is 0 Å². The molecule has 5 heteroatoms. The Hall–Kier alpha value is -1.39. The fourth-order valence-corrected chi connectivity index (χ4v) is 2.13. The van der Waals surface area contributed by atoms with Gasteiger partial charge in [-0.3, -0.25) is 19.3 Å². The van der Waals surface area contributed by atoms with Crippen LogP contribution in [0.1, 0.15) is 39.5 Å². The number of nitrogens with two attached hydrogens (primary N) is 1. The van der Waals surface area contributed by atoms with Crippen LogP contribution in [0.3, 0.4) is 0 Å². The topological polar surface area (TPSA) is 80.5 Å². The third-order valence-electron chi connectivity index (χ3n) is 2.94. The van der Waals surface area contributed by atoms with E-state index in [1.807, 2.05) is 6.92 Å². The van der Waals surface area contributed by atoms with Crippen LogP contribution in [-0.4, -0.2) is 28.7 Å². The van der Waals surface area contributed by atoms with E-state index < -0.39 is 11.9 Å². The van der Waals surface area contributed by atoms with Crippen LogP contribution in [0.4, 0.5) is 0 Å². The Kier molecular flexibility index (Phi) is 4.04. The summed E-state index contributed by atoms with van der Waals surface area (Å²) in [7, 11) is 0. The van der Waals surface area contributed by atoms with E-state index in [1.54, 1.807) is 6.92 Å². The summed E-state index contributed by atoms with van der Waals surface area (Å²) in [6.07, 6.45) is 2.14. The second-order valence-corrected chi connectivity index (χ2v) is 4.12. The van der Waals surface area contributed by atoms with E-state index in [4.69, 9.17) is 5.73 Å². The molecule has 1 rings (SSSR count). The van der Waals surface area contributed by atoms with Crippen molar-refractivity contribution in [1.29, 1.82) is 0 Å². The predicted octanol–water partition coefficient (Wildman–Crippen LogP) is 0.425. The number of imide groups is 1. The van der Waals surface area contributed by atoms with Gasteiger partial charge in [-0.1, -0.05) is 20.3 Å². The minimum Gasteiger partial charge on any atom is -0.368 e. The number of hydrogen-bond donors (Lipinski definition) is 1. The van der Waals surface area contributed by atoms with Crippen molar-refractivity contribution in [3.63, 3.8) is 0 Å². The van der Waals surface area contributed by atoms with Crippen molar-refractivity contribution < 1.29 is 14.4 Å². The Balaban J connectivity index is 2.84. The normalized spacial score (nSPS) is 22.6. The first-order valence-electron chi connectivity index (χ1n) is 5.68. The molecule has 0 spiro atoms. The highest BCUT2D eigenvalue weighted by atomic mass is 16.2. The Bertz CT molecular complexity index is 314. The van der Waals surface area contributed by atoms with Crippen LogP contribution in [0.5, 0.6) is 0 Å². The number of primary amides is 1. The van der Waals surface area contributed by atoms with Crippen molar-refractivity contribution >= 4 is 17.7 Å². The quantitative estimate of drug-likeness (QED) is 0.690. The number of nitrogens with zero attached hydrogens (tertiary/aromatic N) is 1. The van der Waals surface area contributed by atoms with Gasteiger partial charge in [0.2, 0.25) is 17.7 Å². The highest BCUT2D eigenvalue weighted by Crippen LogP contribution is 2.26. The van der Waals surface area contributed by atoms with Gasteiger partial charge in [-0.2, -0.15) is 0 Å². The van der Waals surface area contributed by atoms with Gasteiger partial charge in [0.25, 0.3) is 0 Å². The monoisotopic (exact) mass is 226 g/mol. The van der Waals surface area contributed by atoms with Gasteiger partial charge in [0.05, 0.1) is 0 Å². The van der Waals surface area contributed by atoms with Crippen LogP contribution in [0.25, 0.3) is 0 Å². The first-order valence-corrected chi connectivity index (χ1v) is 5.68. The fraction of sp³-hybridized carbons (Fsp3) is 0.727. The molecular weight excluding hydrogens is 208 g/mol. The molecule has 0 aromatic carbocycles. The Morgan fingerprint density at radius 3 is 2.56 bits per heavy atom. The number of rotatable bonds is 5. The average Bonchev–Trinajstić information content (AvgIpc) is 2.47. The molecule has 0 aromatic rings. The van der Waals surface area contributed by atoms with Gasteiger partial charge >= 0.3 is 0 Å². The van der Waals surface area contributed by atoms with E-state index in [1.165, 1.54) is 0 Å². The summed E-state index contributed by atoms with van der Waals surface area (Å²) in [4.78, 5) is 35.8. The zero-order valence-electron chi connectivity index (χ0n) is 9.73. The SMILES string of the molecule is CCCC1CC(=O)N([C@@H](CC)C(N)=O)C1=O. The second-order valence-electron chi connectivity index (χ2n) is 4.12. The van der Waals surface area contributed by atoms with Crippen molar-refractivity contribution in [2.45, 2.75) is 45.6 Å². The summed E-state index contributed by atoms with van der Waals surface area (Å²) in [5, 5.41) is 0. The van der Waals surface area contributed by atoms with E-state index in [0.717, 1.165) is 11.3 Å². The van der Waals surface area contributed by atoms with Crippen LogP contribution in [0.15, 0.2) is 0 Å². The number of carbonyl (C=O) groups is 3. The molecule has 1 fully saturated rings. The predicted molar refractivity (Wildman–Crippen MR) is 58.1 cm³/mol. The molecule has 16 heavy (non-hydrogen) atoms. The van der Waals surface area contributed by atoms with Crippen molar-refractivity contribution in [2.24, 2.45) is 11.7 Å². The molecule has 1 saturated heterocycles.